The predicted octanol–water partition coefficient (Wildman–Crippen LogP) is -0.170. The van der Waals surface area contributed by atoms with Crippen molar-refractivity contribution < 1.29 is 8.42 Å². The first kappa shape index (κ1) is 11.9. The highest BCUT2D eigenvalue weighted by atomic mass is 32.2. The second kappa shape index (κ2) is 4.79. The topological polar surface area (TPSA) is 40.6 Å². The van der Waals surface area contributed by atoms with Crippen molar-refractivity contribution in [1.82, 2.24) is 9.21 Å². The van der Waals surface area contributed by atoms with Crippen LogP contribution in [-0.4, -0.2) is 58.1 Å². The Kier molecular flexibility index (Phi) is 4.74. The van der Waals surface area contributed by atoms with Gasteiger partial charge in [0, 0.05) is 14.1 Å². The van der Waals surface area contributed by atoms with Crippen LogP contribution in [0.4, 0.5) is 0 Å². The van der Waals surface area contributed by atoms with E-state index in [-0.39, 0.29) is 5.75 Å². The van der Waals surface area contributed by atoms with Gasteiger partial charge in [-0.2, -0.15) is 0 Å². The molecular weight excluding hydrogens is 176 g/mol. The first-order valence-electron chi connectivity index (χ1n) is 3.91. The lowest BCUT2D eigenvalue weighted by Gasteiger charge is -2.12. The molecule has 4 nitrogen and oxygen atoms in total. The molecule has 0 fully saturated rings. The predicted molar refractivity (Wildman–Crippen MR) is 50.6 cm³/mol. The van der Waals surface area contributed by atoms with Gasteiger partial charge in [-0.25, -0.2) is 12.7 Å². The molecule has 0 radical (unpaired) electrons. The maximum Gasteiger partial charge on any atom is 0.213 e. The van der Waals surface area contributed by atoms with Gasteiger partial charge >= 0.3 is 0 Å². The maximum atomic E-state index is 11.2. The Balaban J connectivity index is 3.79. The van der Waals surface area contributed by atoms with Gasteiger partial charge in [-0.1, -0.05) is 0 Å². The third-order valence-corrected chi connectivity index (χ3v) is 3.48. The van der Waals surface area contributed by atoms with Crippen LogP contribution in [0.25, 0.3) is 0 Å². The molecule has 0 saturated heterocycles. The van der Waals surface area contributed by atoms with Gasteiger partial charge in [0.2, 0.25) is 10.0 Å². The van der Waals surface area contributed by atoms with Gasteiger partial charge in [0.05, 0.1) is 5.75 Å². The molecule has 0 aliphatic carbocycles. The molecule has 74 valence electrons. The summed E-state index contributed by atoms with van der Waals surface area (Å²) in [7, 11) is 4.00. The molecule has 0 spiro atoms. The van der Waals surface area contributed by atoms with Gasteiger partial charge in [-0.3, -0.25) is 0 Å². The highest BCUT2D eigenvalue weighted by Gasteiger charge is 2.12. The molecule has 0 N–H and O–H groups in total. The van der Waals surface area contributed by atoms with Gasteiger partial charge in [0.25, 0.3) is 0 Å². The summed E-state index contributed by atoms with van der Waals surface area (Å²) in [5.41, 5.74) is 0. The molecule has 0 aliphatic heterocycles. The molecule has 0 unspecified atom stereocenters. The molecule has 12 heavy (non-hydrogen) atoms. The SMILES string of the molecule is CN(C)CCCS(=O)(=O)N(C)C. The number of hydrogen-bond acceptors (Lipinski definition) is 3. The van der Waals surface area contributed by atoms with Gasteiger partial charge in [0.1, 0.15) is 0 Å². The van der Waals surface area contributed by atoms with E-state index in [0.717, 1.165) is 6.54 Å². The fourth-order valence-corrected chi connectivity index (χ4v) is 1.60. The summed E-state index contributed by atoms with van der Waals surface area (Å²) in [6.07, 6.45) is 0.688. The monoisotopic (exact) mass is 194 g/mol. The lowest BCUT2D eigenvalue weighted by molar-refractivity contribution is 0.406. The Morgan fingerprint density at radius 2 is 1.58 bits per heavy atom. The Morgan fingerprint density at radius 3 is 1.92 bits per heavy atom. The summed E-state index contributed by atoms with van der Waals surface area (Å²) >= 11 is 0. The number of hydrogen-bond donors (Lipinski definition) is 0. The van der Waals surface area contributed by atoms with E-state index in [2.05, 4.69) is 0 Å². The van der Waals surface area contributed by atoms with E-state index in [9.17, 15) is 8.42 Å². The standard InChI is InChI=1S/C7H18N2O2S/c1-8(2)6-5-7-12(10,11)9(3)4/h5-7H2,1-4H3. The first-order chi connectivity index (χ1) is 5.36. The van der Waals surface area contributed by atoms with Crippen molar-refractivity contribution in [1.29, 1.82) is 0 Å². The molecule has 0 atom stereocenters. The minimum absolute atomic E-state index is 0.234. The van der Waals surface area contributed by atoms with E-state index >= 15 is 0 Å². The second-order valence-electron chi connectivity index (χ2n) is 3.26. The summed E-state index contributed by atoms with van der Waals surface area (Å²) in [5.74, 6) is 0.234. The number of sulfonamides is 1. The van der Waals surface area contributed by atoms with Crippen molar-refractivity contribution in [2.75, 3.05) is 40.5 Å². The van der Waals surface area contributed by atoms with Crippen LogP contribution in [0.2, 0.25) is 0 Å². The Morgan fingerprint density at radius 1 is 1.08 bits per heavy atom. The Hall–Kier alpha value is -0.130. The third-order valence-electron chi connectivity index (χ3n) is 1.56. The lowest BCUT2D eigenvalue weighted by atomic mass is 10.5. The number of nitrogens with zero attached hydrogens (tertiary/aromatic N) is 2. The molecule has 0 aromatic carbocycles. The van der Waals surface area contributed by atoms with E-state index in [0.29, 0.717) is 6.42 Å². The molecule has 0 amide bonds. The van der Waals surface area contributed by atoms with E-state index in [1.54, 1.807) is 14.1 Å². The quantitative estimate of drug-likeness (QED) is 0.610. The van der Waals surface area contributed by atoms with Crippen LogP contribution in [0.3, 0.4) is 0 Å². The molecular formula is C7H18N2O2S. The minimum atomic E-state index is -2.99. The van der Waals surface area contributed by atoms with Crippen molar-refractivity contribution in [2.24, 2.45) is 0 Å². The van der Waals surface area contributed by atoms with Gasteiger partial charge in [0.15, 0.2) is 0 Å². The summed E-state index contributed by atoms with van der Waals surface area (Å²) in [4.78, 5) is 1.98. The average molecular weight is 194 g/mol. The minimum Gasteiger partial charge on any atom is -0.309 e. The summed E-state index contributed by atoms with van der Waals surface area (Å²) in [6, 6.07) is 0. The first-order valence-corrected chi connectivity index (χ1v) is 5.52. The molecule has 0 aliphatic rings. The fraction of sp³-hybridized carbons (Fsp3) is 1.00. The second-order valence-corrected chi connectivity index (χ2v) is 5.56. The summed E-state index contributed by atoms with van der Waals surface area (Å²) in [5, 5.41) is 0. The van der Waals surface area contributed by atoms with Crippen LogP contribution in [-0.2, 0) is 10.0 Å². The highest BCUT2D eigenvalue weighted by molar-refractivity contribution is 7.89. The van der Waals surface area contributed by atoms with E-state index < -0.39 is 10.0 Å². The molecule has 5 heteroatoms. The highest BCUT2D eigenvalue weighted by Crippen LogP contribution is 1.97. The van der Waals surface area contributed by atoms with Crippen LogP contribution < -0.4 is 0 Å². The van der Waals surface area contributed by atoms with Gasteiger partial charge in [-0.05, 0) is 27.1 Å². The average Bonchev–Trinajstić information content (AvgIpc) is 1.85. The normalized spacial score (nSPS) is 12.8. The molecule has 0 heterocycles. The van der Waals surface area contributed by atoms with Crippen LogP contribution in [0.1, 0.15) is 6.42 Å². The van der Waals surface area contributed by atoms with Crippen LogP contribution >= 0.6 is 0 Å². The van der Waals surface area contributed by atoms with E-state index in [1.807, 2.05) is 19.0 Å². The van der Waals surface area contributed by atoms with Gasteiger partial charge in [-0.15, -0.1) is 0 Å². The zero-order chi connectivity index (χ0) is 9.78. The van der Waals surface area contributed by atoms with Crippen LogP contribution in [0, 0.1) is 0 Å². The van der Waals surface area contributed by atoms with Crippen molar-refractivity contribution in [3.8, 4) is 0 Å². The van der Waals surface area contributed by atoms with Crippen molar-refractivity contribution in [2.45, 2.75) is 6.42 Å². The largest absolute Gasteiger partial charge is 0.309 e. The zero-order valence-corrected chi connectivity index (χ0v) is 9.06. The molecule has 0 aromatic heterocycles. The zero-order valence-electron chi connectivity index (χ0n) is 8.24. The molecule has 0 bridgehead atoms. The Labute approximate surface area is 75.2 Å². The molecule has 0 aromatic rings. The maximum absolute atomic E-state index is 11.2. The van der Waals surface area contributed by atoms with E-state index in [1.165, 1.54) is 4.31 Å². The smallest absolute Gasteiger partial charge is 0.213 e. The summed E-state index contributed by atoms with van der Waals surface area (Å²) in [6.45, 7) is 0.813. The summed E-state index contributed by atoms with van der Waals surface area (Å²) < 4.78 is 23.7. The van der Waals surface area contributed by atoms with E-state index in [4.69, 9.17) is 0 Å². The Bertz CT molecular complexity index is 209. The fourth-order valence-electron chi connectivity index (χ4n) is 0.746. The van der Waals surface area contributed by atoms with Gasteiger partial charge < -0.3 is 4.90 Å². The third kappa shape index (κ3) is 4.69. The number of rotatable bonds is 5. The van der Waals surface area contributed by atoms with Crippen LogP contribution in [0.5, 0.6) is 0 Å². The molecule has 0 rings (SSSR count). The van der Waals surface area contributed by atoms with Crippen molar-refractivity contribution in [3.05, 3.63) is 0 Å². The van der Waals surface area contributed by atoms with Crippen molar-refractivity contribution in [3.63, 3.8) is 0 Å². The van der Waals surface area contributed by atoms with Crippen LogP contribution in [0.15, 0.2) is 0 Å². The van der Waals surface area contributed by atoms with Crippen molar-refractivity contribution >= 4 is 10.0 Å². The molecule has 0 saturated carbocycles. The lowest BCUT2D eigenvalue weighted by Crippen LogP contribution is -2.27.